The number of rotatable bonds is 4. The fourth-order valence-electron chi connectivity index (χ4n) is 1.60. The van der Waals surface area contributed by atoms with Crippen molar-refractivity contribution in [1.82, 2.24) is 0 Å². The van der Waals surface area contributed by atoms with E-state index < -0.39 is 33.7 Å². The third kappa shape index (κ3) is 3.09. The molecule has 0 bridgehead atoms. The SMILES string of the molecule is O=C(O)c1cccc([N+](=O)[O-])c1Oc1ccc(Cl)c(F)c1. The molecule has 0 spiro atoms. The van der Waals surface area contributed by atoms with Gasteiger partial charge in [-0.25, -0.2) is 9.18 Å². The number of hydrogen-bond acceptors (Lipinski definition) is 4. The Kier molecular flexibility index (Phi) is 4.04. The first-order valence-corrected chi connectivity index (χ1v) is 5.91. The van der Waals surface area contributed by atoms with Crippen molar-refractivity contribution in [3.8, 4) is 11.5 Å². The minimum atomic E-state index is -1.40. The van der Waals surface area contributed by atoms with Crippen molar-refractivity contribution in [1.29, 1.82) is 0 Å². The second-order valence-electron chi connectivity index (χ2n) is 3.89. The molecule has 2 aromatic carbocycles. The van der Waals surface area contributed by atoms with E-state index in [0.29, 0.717) is 0 Å². The van der Waals surface area contributed by atoms with Gasteiger partial charge in [-0.2, -0.15) is 0 Å². The topological polar surface area (TPSA) is 89.7 Å². The van der Waals surface area contributed by atoms with Gasteiger partial charge in [-0.3, -0.25) is 10.1 Å². The average Bonchev–Trinajstić information content (AvgIpc) is 2.42. The van der Waals surface area contributed by atoms with Crippen LogP contribution in [0.25, 0.3) is 0 Å². The number of ether oxygens (including phenoxy) is 1. The van der Waals surface area contributed by atoms with Crippen LogP contribution in [0.1, 0.15) is 10.4 Å². The van der Waals surface area contributed by atoms with Crippen molar-refractivity contribution in [2.75, 3.05) is 0 Å². The Morgan fingerprint density at radius 1 is 1.33 bits per heavy atom. The van der Waals surface area contributed by atoms with E-state index in [1.165, 1.54) is 18.2 Å². The molecule has 8 heteroatoms. The van der Waals surface area contributed by atoms with E-state index in [2.05, 4.69) is 0 Å². The van der Waals surface area contributed by atoms with Crippen molar-refractivity contribution in [3.63, 3.8) is 0 Å². The lowest BCUT2D eigenvalue weighted by Gasteiger charge is -2.09. The van der Waals surface area contributed by atoms with Crippen LogP contribution in [0.4, 0.5) is 10.1 Å². The van der Waals surface area contributed by atoms with E-state index in [9.17, 15) is 19.3 Å². The van der Waals surface area contributed by atoms with Crippen LogP contribution in [0.5, 0.6) is 11.5 Å². The maximum atomic E-state index is 13.3. The van der Waals surface area contributed by atoms with E-state index in [4.69, 9.17) is 21.4 Å². The quantitative estimate of drug-likeness (QED) is 0.683. The Hall–Kier alpha value is -2.67. The van der Waals surface area contributed by atoms with Crippen LogP contribution in [-0.2, 0) is 0 Å². The van der Waals surface area contributed by atoms with E-state index in [1.54, 1.807) is 0 Å². The van der Waals surface area contributed by atoms with Gasteiger partial charge in [-0.1, -0.05) is 17.7 Å². The summed E-state index contributed by atoms with van der Waals surface area (Å²) in [6.07, 6.45) is 0. The molecule has 0 aliphatic rings. The molecule has 0 saturated heterocycles. The maximum Gasteiger partial charge on any atom is 0.339 e. The zero-order valence-electron chi connectivity index (χ0n) is 10.2. The molecular formula is C13H7ClFNO5. The van der Waals surface area contributed by atoms with Crippen LogP contribution in [0.3, 0.4) is 0 Å². The van der Waals surface area contributed by atoms with Gasteiger partial charge >= 0.3 is 11.7 Å². The fourth-order valence-corrected chi connectivity index (χ4v) is 1.72. The number of carboxylic acid groups (broad SMARTS) is 1. The lowest BCUT2D eigenvalue weighted by Crippen LogP contribution is -2.03. The third-order valence-electron chi connectivity index (χ3n) is 2.53. The summed E-state index contributed by atoms with van der Waals surface area (Å²) in [5.74, 6) is -2.77. The fraction of sp³-hybridized carbons (Fsp3) is 0. The minimum Gasteiger partial charge on any atom is -0.478 e. The van der Waals surface area contributed by atoms with Crippen molar-refractivity contribution in [3.05, 3.63) is 62.9 Å². The highest BCUT2D eigenvalue weighted by molar-refractivity contribution is 6.30. The van der Waals surface area contributed by atoms with Gasteiger partial charge in [0.1, 0.15) is 17.1 Å². The third-order valence-corrected chi connectivity index (χ3v) is 2.84. The zero-order chi connectivity index (χ0) is 15.6. The van der Waals surface area contributed by atoms with Gasteiger partial charge in [0, 0.05) is 12.1 Å². The van der Waals surface area contributed by atoms with Crippen molar-refractivity contribution < 1.29 is 24.0 Å². The Morgan fingerprint density at radius 3 is 2.62 bits per heavy atom. The van der Waals surface area contributed by atoms with E-state index >= 15 is 0 Å². The number of benzene rings is 2. The number of carbonyl (C=O) groups is 1. The average molecular weight is 312 g/mol. The molecule has 0 heterocycles. The van der Waals surface area contributed by atoms with Crippen LogP contribution in [-0.4, -0.2) is 16.0 Å². The van der Waals surface area contributed by atoms with Crippen LogP contribution in [0.15, 0.2) is 36.4 Å². The van der Waals surface area contributed by atoms with Crippen LogP contribution in [0.2, 0.25) is 5.02 Å². The largest absolute Gasteiger partial charge is 0.478 e. The molecule has 0 saturated carbocycles. The summed E-state index contributed by atoms with van der Waals surface area (Å²) in [6.45, 7) is 0. The number of halogens is 2. The molecule has 2 rings (SSSR count). The molecule has 1 N–H and O–H groups in total. The summed E-state index contributed by atoms with van der Waals surface area (Å²) in [5, 5.41) is 19.8. The van der Waals surface area contributed by atoms with Gasteiger partial charge in [0.05, 0.1) is 9.95 Å². The normalized spacial score (nSPS) is 10.2. The molecule has 6 nitrogen and oxygen atoms in total. The Labute approximate surface area is 122 Å². The van der Waals surface area contributed by atoms with Crippen LogP contribution < -0.4 is 4.74 Å². The number of hydrogen-bond donors (Lipinski definition) is 1. The number of nitro groups is 1. The molecule has 0 atom stereocenters. The predicted octanol–water partition coefficient (Wildman–Crippen LogP) is 3.88. The van der Waals surface area contributed by atoms with Gasteiger partial charge < -0.3 is 9.84 Å². The lowest BCUT2D eigenvalue weighted by atomic mass is 10.1. The van der Waals surface area contributed by atoms with Crippen molar-refractivity contribution in [2.45, 2.75) is 0 Å². The highest BCUT2D eigenvalue weighted by Gasteiger charge is 2.23. The molecule has 0 unspecified atom stereocenters. The van der Waals surface area contributed by atoms with Crippen molar-refractivity contribution in [2.24, 2.45) is 0 Å². The van der Waals surface area contributed by atoms with Gasteiger partial charge in [0.2, 0.25) is 5.75 Å². The van der Waals surface area contributed by atoms with Crippen LogP contribution >= 0.6 is 11.6 Å². The lowest BCUT2D eigenvalue weighted by molar-refractivity contribution is -0.385. The van der Waals surface area contributed by atoms with Gasteiger partial charge in [0.15, 0.2) is 0 Å². The van der Waals surface area contributed by atoms with E-state index in [-0.39, 0.29) is 10.8 Å². The number of carboxylic acids is 1. The second-order valence-corrected chi connectivity index (χ2v) is 4.30. The summed E-state index contributed by atoms with van der Waals surface area (Å²) in [5.41, 5.74) is -0.940. The van der Waals surface area contributed by atoms with Gasteiger partial charge in [0.25, 0.3) is 0 Å². The first-order chi connectivity index (χ1) is 9.90. The number of nitro benzene ring substituents is 1. The zero-order valence-corrected chi connectivity index (χ0v) is 11.0. The van der Waals surface area contributed by atoms with E-state index in [1.807, 2.05) is 0 Å². The summed E-state index contributed by atoms with van der Waals surface area (Å²) in [7, 11) is 0. The number of nitrogens with zero attached hydrogens (tertiary/aromatic N) is 1. The molecule has 0 amide bonds. The number of aromatic carboxylic acids is 1. The van der Waals surface area contributed by atoms with Crippen LogP contribution in [0, 0.1) is 15.9 Å². The smallest absolute Gasteiger partial charge is 0.339 e. The standard InChI is InChI=1S/C13H7ClFNO5/c14-9-5-4-7(6-10(9)15)21-12-8(13(17)18)2-1-3-11(12)16(19)20/h1-6H,(H,17,18). The number of para-hydroxylation sites is 1. The highest BCUT2D eigenvalue weighted by atomic mass is 35.5. The Morgan fingerprint density at radius 2 is 2.05 bits per heavy atom. The molecular weight excluding hydrogens is 305 g/mol. The Bertz CT molecular complexity index is 702. The summed E-state index contributed by atoms with van der Waals surface area (Å²) in [4.78, 5) is 21.3. The molecule has 0 aliphatic heterocycles. The molecule has 2 aromatic rings. The Balaban J connectivity index is 2.53. The maximum absolute atomic E-state index is 13.3. The van der Waals surface area contributed by atoms with Gasteiger partial charge in [-0.15, -0.1) is 0 Å². The highest BCUT2D eigenvalue weighted by Crippen LogP contribution is 2.35. The summed E-state index contributed by atoms with van der Waals surface area (Å²) < 4.78 is 18.5. The molecule has 0 aromatic heterocycles. The molecule has 0 aliphatic carbocycles. The predicted molar refractivity (Wildman–Crippen MR) is 71.5 cm³/mol. The minimum absolute atomic E-state index is 0.103. The first kappa shape index (κ1) is 14.7. The molecule has 108 valence electrons. The van der Waals surface area contributed by atoms with E-state index in [0.717, 1.165) is 18.2 Å². The monoisotopic (exact) mass is 311 g/mol. The molecule has 21 heavy (non-hydrogen) atoms. The molecule has 0 fully saturated rings. The summed E-state index contributed by atoms with van der Waals surface area (Å²) >= 11 is 5.51. The molecule has 0 radical (unpaired) electrons. The first-order valence-electron chi connectivity index (χ1n) is 5.53. The van der Waals surface area contributed by atoms with Crippen molar-refractivity contribution >= 4 is 23.3 Å². The summed E-state index contributed by atoms with van der Waals surface area (Å²) in [6, 6.07) is 6.84. The second kappa shape index (κ2) is 5.76. The van der Waals surface area contributed by atoms with Gasteiger partial charge in [-0.05, 0) is 18.2 Å².